The maximum Gasteiger partial charge on any atom is 0.223 e. The summed E-state index contributed by atoms with van der Waals surface area (Å²) in [5.41, 5.74) is 12.0. The lowest BCUT2D eigenvalue weighted by Crippen LogP contribution is -2.16. The molecule has 34 heavy (non-hydrogen) atoms. The first-order chi connectivity index (χ1) is 16.6. The van der Waals surface area contributed by atoms with E-state index >= 15 is 0 Å². The molecule has 3 heterocycles. The van der Waals surface area contributed by atoms with Gasteiger partial charge in [-0.25, -0.2) is 19.3 Å². The van der Waals surface area contributed by atoms with Crippen molar-refractivity contribution in [3.05, 3.63) is 60.2 Å². The number of alkyl halides is 1. The molecule has 8 heteroatoms. The van der Waals surface area contributed by atoms with Gasteiger partial charge in [-0.15, -0.1) is 0 Å². The maximum absolute atomic E-state index is 13.7. The van der Waals surface area contributed by atoms with Crippen LogP contribution in [0, 0.1) is 5.82 Å². The Hall–Kier alpha value is -3.00. The number of aromatic nitrogens is 4. The van der Waals surface area contributed by atoms with Gasteiger partial charge in [0.2, 0.25) is 5.95 Å². The van der Waals surface area contributed by atoms with E-state index in [1.165, 1.54) is 25.0 Å². The summed E-state index contributed by atoms with van der Waals surface area (Å²) >= 11 is 3.50. The number of aryl methyl sites for hydroxylation is 1. The van der Waals surface area contributed by atoms with Gasteiger partial charge >= 0.3 is 0 Å². The molecule has 1 aliphatic rings. The SMILES string of the molecule is Nc1cc(CCCCBr)cn2c(-c3ccnc(NC4CCCC4)n3)c(-c3ccc(F)cc3)nc12. The van der Waals surface area contributed by atoms with Crippen molar-refractivity contribution in [2.75, 3.05) is 16.4 Å². The number of benzene rings is 1. The Morgan fingerprint density at radius 3 is 2.65 bits per heavy atom. The summed E-state index contributed by atoms with van der Waals surface area (Å²) < 4.78 is 15.7. The first kappa shape index (κ1) is 22.8. The fourth-order valence-electron chi connectivity index (χ4n) is 4.66. The highest BCUT2D eigenvalue weighted by Gasteiger charge is 2.21. The number of nitrogens with zero attached hydrogens (tertiary/aromatic N) is 4. The van der Waals surface area contributed by atoms with Gasteiger partial charge in [-0.3, -0.25) is 4.40 Å². The van der Waals surface area contributed by atoms with Crippen molar-refractivity contribution in [2.45, 2.75) is 51.0 Å². The highest BCUT2D eigenvalue weighted by Crippen LogP contribution is 2.34. The third-order valence-corrected chi connectivity index (χ3v) is 6.92. The third-order valence-electron chi connectivity index (χ3n) is 6.36. The molecule has 0 bridgehead atoms. The Morgan fingerprint density at radius 2 is 1.88 bits per heavy atom. The highest BCUT2D eigenvalue weighted by molar-refractivity contribution is 9.09. The molecule has 0 amide bonds. The molecule has 0 aliphatic heterocycles. The fourth-order valence-corrected chi connectivity index (χ4v) is 5.05. The summed E-state index contributed by atoms with van der Waals surface area (Å²) in [6.45, 7) is 0. The predicted octanol–water partition coefficient (Wildman–Crippen LogP) is 6.25. The van der Waals surface area contributed by atoms with Crippen molar-refractivity contribution in [3.63, 3.8) is 0 Å². The summed E-state index contributed by atoms with van der Waals surface area (Å²) in [5, 5.41) is 4.46. The Balaban J connectivity index is 1.64. The molecule has 6 nitrogen and oxygen atoms in total. The number of fused-ring (bicyclic) bond motifs is 1. The molecule has 1 aliphatic carbocycles. The minimum atomic E-state index is -0.284. The number of nitrogens with one attached hydrogen (secondary N) is 1. The molecule has 5 rings (SSSR count). The van der Waals surface area contributed by atoms with E-state index < -0.39 is 0 Å². The molecule has 3 N–H and O–H groups in total. The lowest BCUT2D eigenvalue weighted by molar-refractivity contribution is 0.628. The van der Waals surface area contributed by atoms with Crippen LogP contribution in [-0.4, -0.2) is 30.7 Å². The standard InChI is InChI=1S/C26H28BrFN6/c27-13-4-3-5-17-15-21(29)25-33-23(18-8-10-19(28)11-9-18)24(34(25)16-17)22-12-14-30-26(32-22)31-20-6-1-2-7-20/h8-12,14-16,20H,1-7,13,29H2,(H,30,31,32). The van der Waals surface area contributed by atoms with Gasteiger partial charge in [-0.1, -0.05) is 28.8 Å². The molecule has 0 atom stereocenters. The monoisotopic (exact) mass is 522 g/mol. The number of halogens is 2. The van der Waals surface area contributed by atoms with Gasteiger partial charge in [0.05, 0.1) is 22.8 Å². The van der Waals surface area contributed by atoms with Gasteiger partial charge < -0.3 is 11.1 Å². The van der Waals surface area contributed by atoms with Gasteiger partial charge in [0, 0.05) is 29.3 Å². The van der Waals surface area contributed by atoms with Gasteiger partial charge in [-0.05, 0) is 74.1 Å². The van der Waals surface area contributed by atoms with Crippen molar-refractivity contribution in [1.29, 1.82) is 0 Å². The van der Waals surface area contributed by atoms with Crippen LogP contribution in [0.4, 0.5) is 16.0 Å². The van der Waals surface area contributed by atoms with Gasteiger partial charge in [0.1, 0.15) is 5.82 Å². The van der Waals surface area contributed by atoms with Crippen LogP contribution in [0.15, 0.2) is 48.8 Å². The number of unbranched alkanes of at least 4 members (excludes halogenated alkanes) is 1. The second-order valence-corrected chi connectivity index (χ2v) is 9.64. The molecule has 3 aromatic heterocycles. The smallest absolute Gasteiger partial charge is 0.223 e. The van der Waals surface area contributed by atoms with Crippen LogP contribution in [0.1, 0.15) is 44.1 Å². The summed E-state index contributed by atoms with van der Waals surface area (Å²) in [6.07, 6.45) is 11.7. The lowest BCUT2D eigenvalue weighted by Gasteiger charge is -2.13. The molecular formula is C26H28BrFN6. The zero-order valence-electron chi connectivity index (χ0n) is 19.0. The topological polar surface area (TPSA) is 81.1 Å². The average Bonchev–Trinajstić information content (AvgIpc) is 3.48. The van der Waals surface area contributed by atoms with Crippen molar-refractivity contribution in [2.24, 2.45) is 0 Å². The number of hydrogen-bond acceptors (Lipinski definition) is 5. The quantitative estimate of drug-likeness (QED) is 0.211. The normalized spacial score (nSPS) is 14.2. The zero-order chi connectivity index (χ0) is 23.5. The predicted molar refractivity (Wildman–Crippen MR) is 139 cm³/mol. The average molecular weight is 523 g/mol. The largest absolute Gasteiger partial charge is 0.396 e. The molecule has 0 radical (unpaired) electrons. The molecular weight excluding hydrogens is 495 g/mol. The third kappa shape index (κ3) is 4.78. The zero-order valence-corrected chi connectivity index (χ0v) is 20.6. The maximum atomic E-state index is 13.7. The second-order valence-electron chi connectivity index (χ2n) is 8.85. The van der Waals surface area contributed by atoms with E-state index in [0.29, 0.717) is 23.3 Å². The van der Waals surface area contributed by atoms with Gasteiger partial charge in [0.25, 0.3) is 0 Å². The lowest BCUT2D eigenvalue weighted by atomic mass is 10.1. The molecule has 0 unspecified atom stereocenters. The number of nitrogen functional groups attached to an aromatic ring is 1. The van der Waals surface area contributed by atoms with Crippen LogP contribution in [0.3, 0.4) is 0 Å². The summed E-state index contributed by atoms with van der Waals surface area (Å²) in [5.74, 6) is 0.332. The van der Waals surface area contributed by atoms with Crippen LogP contribution in [-0.2, 0) is 6.42 Å². The van der Waals surface area contributed by atoms with E-state index in [9.17, 15) is 4.39 Å². The number of imidazole rings is 1. The Kier molecular flexibility index (Phi) is 6.76. The minimum absolute atomic E-state index is 0.284. The van der Waals surface area contributed by atoms with E-state index in [1.807, 2.05) is 16.5 Å². The highest BCUT2D eigenvalue weighted by atomic mass is 79.9. The van der Waals surface area contributed by atoms with Crippen molar-refractivity contribution in [3.8, 4) is 22.6 Å². The minimum Gasteiger partial charge on any atom is -0.396 e. The molecule has 4 aromatic rings. The number of hydrogen-bond donors (Lipinski definition) is 2. The molecule has 0 saturated heterocycles. The Morgan fingerprint density at radius 1 is 1.09 bits per heavy atom. The van der Waals surface area contributed by atoms with Crippen LogP contribution < -0.4 is 11.1 Å². The van der Waals surface area contributed by atoms with E-state index in [0.717, 1.165) is 65.6 Å². The summed E-state index contributed by atoms with van der Waals surface area (Å²) in [6, 6.07) is 10.7. The molecule has 0 spiro atoms. The van der Waals surface area contributed by atoms with Crippen molar-refractivity contribution in [1.82, 2.24) is 19.4 Å². The summed E-state index contributed by atoms with van der Waals surface area (Å²) in [4.78, 5) is 14.2. The van der Waals surface area contributed by atoms with E-state index in [-0.39, 0.29) is 5.82 Å². The molecule has 176 valence electrons. The summed E-state index contributed by atoms with van der Waals surface area (Å²) in [7, 11) is 0. The van der Waals surface area contributed by atoms with Crippen LogP contribution in [0.2, 0.25) is 0 Å². The van der Waals surface area contributed by atoms with Crippen molar-refractivity contribution >= 4 is 33.2 Å². The Labute approximate surface area is 207 Å². The second kappa shape index (κ2) is 10.1. The number of rotatable bonds is 8. The number of nitrogens with two attached hydrogens (primary N) is 1. The van der Waals surface area contributed by atoms with Crippen LogP contribution in [0.5, 0.6) is 0 Å². The van der Waals surface area contributed by atoms with Crippen molar-refractivity contribution < 1.29 is 4.39 Å². The van der Waals surface area contributed by atoms with E-state index in [2.05, 4.69) is 32.4 Å². The molecule has 1 aromatic carbocycles. The van der Waals surface area contributed by atoms with E-state index in [1.54, 1.807) is 18.3 Å². The number of pyridine rings is 1. The fraction of sp³-hybridized carbons (Fsp3) is 0.346. The Bertz CT molecular complexity index is 1280. The van der Waals surface area contributed by atoms with Gasteiger partial charge in [0.15, 0.2) is 5.65 Å². The molecule has 1 fully saturated rings. The first-order valence-electron chi connectivity index (χ1n) is 11.8. The van der Waals surface area contributed by atoms with Gasteiger partial charge in [-0.2, -0.15) is 0 Å². The van der Waals surface area contributed by atoms with E-state index in [4.69, 9.17) is 15.7 Å². The van der Waals surface area contributed by atoms with Crippen LogP contribution >= 0.6 is 15.9 Å². The number of anilines is 2. The first-order valence-corrected chi connectivity index (χ1v) is 13.0. The van der Waals surface area contributed by atoms with Crippen LogP contribution in [0.25, 0.3) is 28.3 Å². The molecule has 1 saturated carbocycles.